The van der Waals surface area contributed by atoms with Crippen LogP contribution in [-0.2, 0) is 14.3 Å². The van der Waals surface area contributed by atoms with Crippen LogP contribution in [0, 0.1) is 0 Å². The van der Waals surface area contributed by atoms with Crippen LogP contribution in [0.1, 0.15) is 0 Å². The molecule has 0 fully saturated rings. The zero-order chi connectivity index (χ0) is 14.6. The summed E-state index contributed by atoms with van der Waals surface area (Å²) in [6, 6.07) is 8.32. The lowest BCUT2D eigenvalue weighted by Gasteiger charge is -2.23. The van der Waals surface area contributed by atoms with Gasteiger partial charge in [0.15, 0.2) is 0 Å². The number of benzene rings is 1. The van der Waals surface area contributed by atoms with Crippen LogP contribution in [0.3, 0.4) is 0 Å². The number of ether oxygens (including phenoxy) is 2. The molecular formula is C14H13NO5. The molecule has 1 unspecified atom stereocenters. The molecule has 6 heteroatoms. The van der Waals surface area contributed by atoms with Gasteiger partial charge in [0.25, 0.3) is 0 Å². The standard InChI is InChI=1S/C14H13NO5/c1-19-12(16)10-7-14(18,9-15-8-10)13(17)20-11-5-3-2-4-6-11/h2-8,18H,9H2,1H3. The fourth-order valence-corrected chi connectivity index (χ4v) is 1.66. The van der Waals surface area contributed by atoms with Crippen molar-refractivity contribution in [3.05, 3.63) is 42.0 Å². The molecular weight excluding hydrogens is 262 g/mol. The van der Waals surface area contributed by atoms with Crippen LogP contribution >= 0.6 is 0 Å². The van der Waals surface area contributed by atoms with Gasteiger partial charge in [-0.2, -0.15) is 0 Å². The van der Waals surface area contributed by atoms with E-state index in [1.165, 1.54) is 13.3 Å². The molecule has 0 aromatic heterocycles. The van der Waals surface area contributed by atoms with E-state index in [1.807, 2.05) is 0 Å². The van der Waals surface area contributed by atoms with E-state index in [0.29, 0.717) is 5.75 Å². The summed E-state index contributed by atoms with van der Waals surface area (Å²) in [7, 11) is 1.20. The third-order valence-electron chi connectivity index (χ3n) is 2.69. The maximum Gasteiger partial charge on any atom is 0.349 e. The normalized spacial score (nSPS) is 21.0. The quantitative estimate of drug-likeness (QED) is 0.641. The predicted molar refractivity (Wildman–Crippen MR) is 70.5 cm³/mol. The number of aliphatic hydroxyl groups is 1. The lowest BCUT2D eigenvalue weighted by Crippen LogP contribution is -2.45. The van der Waals surface area contributed by atoms with E-state index in [-0.39, 0.29) is 12.1 Å². The number of hydrogen-bond donors (Lipinski definition) is 1. The third-order valence-corrected chi connectivity index (χ3v) is 2.69. The van der Waals surface area contributed by atoms with E-state index in [0.717, 1.165) is 6.08 Å². The summed E-state index contributed by atoms with van der Waals surface area (Å²) in [5.41, 5.74) is -1.97. The van der Waals surface area contributed by atoms with Crippen LogP contribution in [-0.4, -0.2) is 42.5 Å². The maximum absolute atomic E-state index is 12.0. The summed E-state index contributed by atoms with van der Waals surface area (Å²) in [5, 5.41) is 10.2. The van der Waals surface area contributed by atoms with E-state index >= 15 is 0 Å². The van der Waals surface area contributed by atoms with Gasteiger partial charge in [-0.05, 0) is 18.2 Å². The number of esters is 2. The molecule has 104 valence electrons. The number of methoxy groups -OCH3 is 1. The molecule has 1 aromatic carbocycles. The fraction of sp³-hybridized carbons (Fsp3) is 0.214. The minimum Gasteiger partial charge on any atom is -0.465 e. The van der Waals surface area contributed by atoms with Crippen LogP contribution in [0.5, 0.6) is 5.75 Å². The maximum atomic E-state index is 12.0. The van der Waals surface area contributed by atoms with Crippen molar-refractivity contribution >= 4 is 18.2 Å². The molecule has 0 saturated heterocycles. The van der Waals surface area contributed by atoms with Crippen LogP contribution in [0.4, 0.5) is 0 Å². The van der Waals surface area contributed by atoms with Gasteiger partial charge in [0.2, 0.25) is 5.60 Å². The molecule has 1 aromatic rings. The number of carbonyl (C=O) groups excluding carboxylic acids is 2. The molecule has 20 heavy (non-hydrogen) atoms. The van der Waals surface area contributed by atoms with E-state index < -0.39 is 17.5 Å². The second-order valence-electron chi connectivity index (χ2n) is 4.19. The van der Waals surface area contributed by atoms with E-state index in [9.17, 15) is 14.7 Å². The Bertz CT molecular complexity index is 578. The summed E-state index contributed by atoms with van der Waals surface area (Å²) in [4.78, 5) is 27.2. The van der Waals surface area contributed by atoms with Crippen LogP contribution in [0.2, 0.25) is 0 Å². The molecule has 2 rings (SSSR count). The summed E-state index contributed by atoms with van der Waals surface area (Å²) >= 11 is 0. The molecule has 1 aliphatic rings. The van der Waals surface area contributed by atoms with Crippen molar-refractivity contribution in [2.24, 2.45) is 4.99 Å². The number of aliphatic imine (C=N–C) groups is 1. The Labute approximate surface area is 115 Å². The second kappa shape index (κ2) is 5.66. The molecule has 1 heterocycles. The number of carbonyl (C=O) groups is 2. The molecule has 1 aliphatic heterocycles. The number of dihydropyridines is 1. The van der Waals surface area contributed by atoms with Crippen LogP contribution < -0.4 is 4.74 Å². The molecule has 0 bridgehead atoms. The van der Waals surface area contributed by atoms with Crippen molar-refractivity contribution in [3.63, 3.8) is 0 Å². The highest BCUT2D eigenvalue weighted by atomic mass is 16.6. The average molecular weight is 275 g/mol. The lowest BCUT2D eigenvalue weighted by atomic mass is 9.98. The molecule has 1 atom stereocenters. The zero-order valence-corrected chi connectivity index (χ0v) is 10.8. The van der Waals surface area contributed by atoms with Gasteiger partial charge in [-0.1, -0.05) is 18.2 Å². The predicted octanol–water partition coefficient (Wildman–Crippen LogP) is 0.507. The van der Waals surface area contributed by atoms with Crippen molar-refractivity contribution in [2.75, 3.05) is 13.7 Å². The first-order valence-electron chi connectivity index (χ1n) is 5.86. The van der Waals surface area contributed by atoms with Crippen molar-refractivity contribution in [3.8, 4) is 5.75 Å². The Morgan fingerprint density at radius 2 is 2.00 bits per heavy atom. The Morgan fingerprint density at radius 3 is 2.65 bits per heavy atom. The molecule has 1 N–H and O–H groups in total. The highest BCUT2D eigenvalue weighted by molar-refractivity contribution is 6.11. The first-order valence-corrected chi connectivity index (χ1v) is 5.86. The SMILES string of the molecule is COC(=O)C1=CC(O)(C(=O)Oc2ccccc2)CN=C1. The molecule has 6 nitrogen and oxygen atoms in total. The van der Waals surface area contributed by atoms with E-state index in [4.69, 9.17) is 4.74 Å². The Kier molecular flexibility index (Phi) is 3.95. The van der Waals surface area contributed by atoms with Crippen LogP contribution in [0.15, 0.2) is 47.0 Å². The van der Waals surface area contributed by atoms with E-state index in [2.05, 4.69) is 9.73 Å². The van der Waals surface area contributed by atoms with Gasteiger partial charge in [0.1, 0.15) is 5.75 Å². The number of para-hydroxylation sites is 1. The van der Waals surface area contributed by atoms with Gasteiger partial charge in [-0.15, -0.1) is 0 Å². The van der Waals surface area contributed by atoms with E-state index in [1.54, 1.807) is 30.3 Å². The summed E-state index contributed by atoms with van der Waals surface area (Å²) in [6.07, 6.45) is 2.34. The molecule has 0 spiro atoms. The highest BCUT2D eigenvalue weighted by Crippen LogP contribution is 2.19. The van der Waals surface area contributed by atoms with Gasteiger partial charge in [-0.3, -0.25) is 4.99 Å². The van der Waals surface area contributed by atoms with Crippen molar-refractivity contribution in [1.29, 1.82) is 0 Å². The second-order valence-corrected chi connectivity index (χ2v) is 4.19. The van der Waals surface area contributed by atoms with Crippen molar-refractivity contribution in [1.82, 2.24) is 0 Å². The largest absolute Gasteiger partial charge is 0.465 e. The smallest absolute Gasteiger partial charge is 0.349 e. The molecule has 0 radical (unpaired) electrons. The van der Waals surface area contributed by atoms with Crippen LogP contribution in [0.25, 0.3) is 0 Å². The van der Waals surface area contributed by atoms with Gasteiger partial charge in [-0.25, -0.2) is 9.59 Å². The van der Waals surface area contributed by atoms with Crippen molar-refractivity contribution < 1.29 is 24.2 Å². The molecule has 0 amide bonds. The number of nitrogens with zero attached hydrogens (tertiary/aromatic N) is 1. The van der Waals surface area contributed by atoms with Gasteiger partial charge in [0, 0.05) is 6.21 Å². The first kappa shape index (κ1) is 14.0. The van der Waals surface area contributed by atoms with Gasteiger partial charge < -0.3 is 14.6 Å². The molecule has 0 aliphatic carbocycles. The fourth-order valence-electron chi connectivity index (χ4n) is 1.66. The lowest BCUT2D eigenvalue weighted by molar-refractivity contribution is -0.149. The Hall–Kier alpha value is -2.47. The minimum absolute atomic E-state index is 0.00580. The Morgan fingerprint density at radius 1 is 1.30 bits per heavy atom. The summed E-state index contributed by atoms with van der Waals surface area (Å²) < 4.78 is 9.58. The summed E-state index contributed by atoms with van der Waals surface area (Å²) in [5.74, 6) is -1.28. The topological polar surface area (TPSA) is 85.2 Å². The number of rotatable bonds is 3. The summed E-state index contributed by atoms with van der Waals surface area (Å²) in [6.45, 7) is -0.209. The third kappa shape index (κ3) is 2.92. The average Bonchev–Trinajstić information content (AvgIpc) is 2.47. The van der Waals surface area contributed by atoms with Gasteiger partial charge in [0.05, 0.1) is 19.2 Å². The number of hydrogen-bond acceptors (Lipinski definition) is 6. The monoisotopic (exact) mass is 275 g/mol. The highest BCUT2D eigenvalue weighted by Gasteiger charge is 2.39. The minimum atomic E-state index is -1.98. The van der Waals surface area contributed by atoms with Crippen molar-refractivity contribution in [2.45, 2.75) is 5.60 Å². The first-order chi connectivity index (χ1) is 9.55. The Balaban J connectivity index is 2.18. The van der Waals surface area contributed by atoms with Gasteiger partial charge >= 0.3 is 11.9 Å². The zero-order valence-electron chi connectivity index (χ0n) is 10.8. The molecule has 0 saturated carbocycles.